The zero-order valence-electron chi connectivity index (χ0n) is 12.3. The number of likely N-dealkylation sites (N-methyl/N-ethyl adjacent to an activating group) is 1. The molecule has 0 fully saturated rings. The van der Waals surface area contributed by atoms with E-state index in [4.69, 9.17) is 0 Å². The number of hydrogen-bond acceptors (Lipinski definition) is 6. The molecule has 7 nitrogen and oxygen atoms in total. The maximum Gasteiger partial charge on any atom is 0.240 e. The molecule has 1 amide bonds. The fourth-order valence-corrected chi connectivity index (χ4v) is 2.96. The molecule has 2 N–H and O–H groups in total. The third kappa shape index (κ3) is 2.91. The number of carbonyl (C=O) groups excluding carboxylic acids is 1. The summed E-state index contributed by atoms with van der Waals surface area (Å²) in [5, 5.41) is 4.99. The van der Waals surface area contributed by atoms with Gasteiger partial charge in [-0.3, -0.25) is 4.79 Å². The summed E-state index contributed by atoms with van der Waals surface area (Å²) in [7, 11) is 1.82. The van der Waals surface area contributed by atoms with Crippen LogP contribution in [0.15, 0.2) is 30.2 Å². The molecule has 0 spiro atoms. The Morgan fingerprint density at radius 3 is 3.09 bits per heavy atom. The quantitative estimate of drug-likeness (QED) is 0.748. The zero-order chi connectivity index (χ0) is 15.5. The van der Waals surface area contributed by atoms with Crippen molar-refractivity contribution in [3.8, 4) is 0 Å². The molecule has 3 heterocycles. The van der Waals surface area contributed by atoms with Gasteiger partial charge in [0.1, 0.15) is 11.8 Å². The van der Waals surface area contributed by atoms with Gasteiger partial charge in [-0.1, -0.05) is 6.07 Å². The lowest BCUT2D eigenvalue weighted by molar-refractivity contribution is -0.120. The number of carbonyl (C=O) groups is 1. The number of aromatic nitrogens is 4. The fraction of sp³-hybridized carbons (Fsp3) is 0.286. The van der Waals surface area contributed by atoms with Crippen molar-refractivity contribution in [2.24, 2.45) is 0 Å². The second-order valence-electron chi connectivity index (χ2n) is 4.96. The summed E-state index contributed by atoms with van der Waals surface area (Å²) in [6, 6.07) is 3.99. The number of rotatable bonds is 5. The Labute approximate surface area is 131 Å². The molecule has 0 bridgehead atoms. The molecule has 0 saturated carbocycles. The molecule has 22 heavy (non-hydrogen) atoms. The average Bonchev–Trinajstić information content (AvgIpc) is 3.17. The van der Waals surface area contributed by atoms with Crippen LogP contribution in [0.5, 0.6) is 0 Å². The fourth-order valence-electron chi connectivity index (χ4n) is 2.23. The highest BCUT2D eigenvalue weighted by molar-refractivity contribution is 7.10. The van der Waals surface area contributed by atoms with Crippen molar-refractivity contribution in [2.75, 3.05) is 18.5 Å². The average molecular weight is 316 g/mol. The van der Waals surface area contributed by atoms with E-state index in [0.29, 0.717) is 11.5 Å². The molecule has 0 unspecified atom stereocenters. The first-order valence-electron chi connectivity index (χ1n) is 6.83. The highest BCUT2D eigenvalue weighted by Gasteiger charge is 2.15. The van der Waals surface area contributed by atoms with E-state index in [9.17, 15) is 4.79 Å². The van der Waals surface area contributed by atoms with E-state index < -0.39 is 0 Å². The number of H-pyrrole nitrogens is 1. The number of thiophene rings is 1. The Hall–Kier alpha value is -2.48. The molecular weight excluding hydrogens is 300 g/mol. The van der Waals surface area contributed by atoms with E-state index in [0.717, 1.165) is 10.4 Å². The van der Waals surface area contributed by atoms with Crippen LogP contribution in [-0.4, -0.2) is 39.4 Å². The molecule has 0 saturated heterocycles. The van der Waals surface area contributed by atoms with Crippen molar-refractivity contribution >= 4 is 34.2 Å². The summed E-state index contributed by atoms with van der Waals surface area (Å²) in [4.78, 5) is 30.5. The first-order valence-corrected chi connectivity index (χ1v) is 7.71. The summed E-state index contributed by atoms with van der Waals surface area (Å²) in [5.41, 5.74) is 1.31. The van der Waals surface area contributed by atoms with E-state index in [1.54, 1.807) is 22.6 Å². The number of imidazole rings is 1. The Balaban J connectivity index is 1.67. The van der Waals surface area contributed by atoms with E-state index in [1.807, 2.05) is 31.5 Å². The molecule has 0 aliphatic carbocycles. The van der Waals surface area contributed by atoms with Gasteiger partial charge in [-0.05, 0) is 18.4 Å². The van der Waals surface area contributed by atoms with E-state index in [-0.39, 0.29) is 18.5 Å². The molecule has 8 heteroatoms. The van der Waals surface area contributed by atoms with Crippen molar-refractivity contribution in [2.45, 2.75) is 13.0 Å². The van der Waals surface area contributed by atoms with Gasteiger partial charge in [-0.2, -0.15) is 0 Å². The minimum Gasteiger partial charge on any atom is -0.348 e. The lowest BCUT2D eigenvalue weighted by atomic mass is 10.2. The van der Waals surface area contributed by atoms with Crippen molar-refractivity contribution in [1.82, 2.24) is 25.3 Å². The van der Waals surface area contributed by atoms with Gasteiger partial charge in [-0.15, -0.1) is 11.3 Å². The highest BCUT2D eigenvalue weighted by atomic mass is 32.1. The van der Waals surface area contributed by atoms with Crippen LogP contribution in [0.25, 0.3) is 11.2 Å². The number of amides is 1. The van der Waals surface area contributed by atoms with Crippen LogP contribution in [-0.2, 0) is 4.79 Å². The number of nitrogens with zero attached hydrogens (tertiary/aromatic N) is 4. The molecular formula is C14H16N6OS. The summed E-state index contributed by atoms with van der Waals surface area (Å²) in [5.74, 6) is 0.594. The van der Waals surface area contributed by atoms with Crippen LogP contribution < -0.4 is 10.2 Å². The van der Waals surface area contributed by atoms with Crippen LogP contribution >= 0.6 is 11.3 Å². The molecule has 3 rings (SSSR count). The Morgan fingerprint density at radius 1 is 1.45 bits per heavy atom. The minimum atomic E-state index is -0.0605. The Bertz CT molecular complexity index is 769. The van der Waals surface area contributed by atoms with Crippen LogP contribution in [0.3, 0.4) is 0 Å². The summed E-state index contributed by atoms with van der Waals surface area (Å²) < 4.78 is 0. The minimum absolute atomic E-state index is 0.00141. The van der Waals surface area contributed by atoms with Gasteiger partial charge < -0.3 is 15.2 Å². The van der Waals surface area contributed by atoms with Crippen LogP contribution in [0.4, 0.5) is 5.82 Å². The van der Waals surface area contributed by atoms with Crippen molar-refractivity contribution < 1.29 is 4.79 Å². The lowest BCUT2D eigenvalue weighted by Crippen LogP contribution is -2.36. The summed E-state index contributed by atoms with van der Waals surface area (Å²) in [6.07, 6.45) is 3.01. The van der Waals surface area contributed by atoms with Crippen molar-refractivity contribution in [1.29, 1.82) is 0 Å². The van der Waals surface area contributed by atoms with Crippen molar-refractivity contribution in [3.63, 3.8) is 0 Å². The number of anilines is 1. The number of fused-ring (bicyclic) bond motifs is 1. The molecule has 0 aliphatic heterocycles. The summed E-state index contributed by atoms with van der Waals surface area (Å²) >= 11 is 1.63. The Kier molecular flexibility index (Phi) is 4.01. The van der Waals surface area contributed by atoms with E-state index >= 15 is 0 Å². The smallest absolute Gasteiger partial charge is 0.240 e. The van der Waals surface area contributed by atoms with Crippen molar-refractivity contribution in [3.05, 3.63) is 35.0 Å². The largest absolute Gasteiger partial charge is 0.348 e. The van der Waals surface area contributed by atoms with Crippen LogP contribution in [0, 0.1) is 0 Å². The second kappa shape index (κ2) is 6.10. The standard InChI is InChI=1S/C14H16N6OS/c1-9(10-4-3-5-22-10)19-11(21)6-20(2)14-12-13(16-7-15-12)17-8-18-14/h3-5,7-9H,6H2,1-2H3,(H,19,21)(H,15,16,17,18)/t9-/m1/s1. The predicted molar refractivity (Wildman–Crippen MR) is 85.8 cm³/mol. The maximum absolute atomic E-state index is 12.2. The molecule has 0 radical (unpaired) electrons. The van der Waals surface area contributed by atoms with Gasteiger partial charge in [0, 0.05) is 11.9 Å². The number of hydrogen-bond donors (Lipinski definition) is 2. The van der Waals surface area contributed by atoms with Gasteiger partial charge >= 0.3 is 0 Å². The highest BCUT2D eigenvalue weighted by Crippen LogP contribution is 2.19. The molecule has 0 aliphatic rings. The molecule has 114 valence electrons. The monoisotopic (exact) mass is 316 g/mol. The Morgan fingerprint density at radius 2 is 2.32 bits per heavy atom. The predicted octanol–water partition coefficient (Wildman–Crippen LogP) is 1.73. The second-order valence-corrected chi connectivity index (χ2v) is 5.94. The van der Waals surface area contributed by atoms with Gasteiger partial charge in [0.2, 0.25) is 5.91 Å². The third-order valence-electron chi connectivity index (χ3n) is 3.29. The zero-order valence-corrected chi connectivity index (χ0v) is 13.1. The topological polar surface area (TPSA) is 86.8 Å². The van der Waals surface area contributed by atoms with Gasteiger partial charge in [0.05, 0.1) is 18.9 Å². The van der Waals surface area contributed by atoms with E-state index in [1.165, 1.54) is 6.33 Å². The lowest BCUT2D eigenvalue weighted by Gasteiger charge is -2.19. The molecule has 1 atom stereocenters. The SMILES string of the molecule is C[C@@H](NC(=O)CN(C)c1ncnc2nc[nH]c12)c1cccs1. The summed E-state index contributed by atoms with van der Waals surface area (Å²) in [6.45, 7) is 2.18. The molecule has 3 aromatic heterocycles. The molecule has 0 aromatic carbocycles. The van der Waals surface area contributed by atoms with E-state index in [2.05, 4.69) is 25.3 Å². The van der Waals surface area contributed by atoms with Crippen LogP contribution in [0.2, 0.25) is 0 Å². The number of aromatic amines is 1. The third-order valence-corrected chi connectivity index (χ3v) is 4.35. The first-order chi connectivity index (χ1) is 10.6. The number of nitrogens with one attached hydrogen (secondary N) is 2. The maximum atomic E-state index is 12.2. The molecule has 3 aromatic rings. The first kappa shape index (κ1) is 14.5. The normalized spacial score (nSPS) is 12.3. The van der Waals surface area contributed by atoms with Gasteiger partial charge in [0.15, 0.2) is 11.5 Å². The van der Waals surface area contributed by atoms with Gasteiger partial charge in [0.25, 0.3) is 0 Å². The van der Waals surface area contributed by atoms with Gasteiger partial charge in [-0.25, -0.2) is 15.0 Å². The van der Waals surface area contributed by atoms with Crippen LogP contribution in [0.1, 0.15) is 17.8 Å².